The Labute approximate surface area is 98.0 Å². The van der Waals surface area contributed by atoms with E-state index in [2.05, 4.69) is 22.2 Å². The van der Waals surface area contributed by atoms with Gasteiger partial charge >= 0.3 is 0 Å². The predicted octanol–water partition coefficient (Wildman–Crippen LogP) is -0.197. The first-order valence-corrected chi connectivity index (χ1v) is 6.40. The maximum atomic E-state index is 12.0. The number of rotatable bonds is 4. The normalized spacial score (nSPS) is 28.4. The van der Waals surface area contributed by atoms with Crippen molar-refractivity contribution in [2.24, 2.45) is 5.92 Å². The second-order valence-corrected chi connectivity index (χ2v) is 5.06. The average Bonchev–Trinajstić information content (AvgIpc) is 2.74. The first-order chi connectivity index (χ1) is 7.75. The van der Waals surface area contributed by atoms with Gasteiger partial charge in [0.2, 0.25) is 0 Å². The van der Waals surface area contributed by atoms with Crippen molar-refractivity contribution in [1.29, 1.82) is 0 Å². The monoisotopic (exact) mass is 225 g/mol. The molecule has 4 nitrogen and oxygen atoms in total. The molecule has 2 fully saturated rings. The van der Waals surface area contributed by atoms with E-state index < -0.39 is 0 Å². The lowest BCUT2D eigenvalue weighted by Gasteiger charge is -2.27. The fourth-order valence-electron chi connectivity index (χ4n) is 2.61. The average molecular weight is 225 g/mol. The second kappa shape index (κ2) is 5.75. The Balaban J connectivity index is 1.67. The molecule has 0 aromatic carbocycles. The lowest BCUT2D eigenvalue weighted by atomic mass is 10.0. The molecule has 2 aliphatic rings. The topological polar surface area (TPSA) is 35.6 Å². The molecule has 0 amide bonds. The van der Waals surface area contributed by atoms with Crippen molar-refractivity contribution >= 4 is 5.78 Å². The highest BCUT2D eigenvalue weighted by Gasteiger charge is 2.25. The van der Waals surface area contributed by atoms with Crippen LogP contribution in [0.3, 0.4) is 0 Å². The standard InChI is InChI=1S/C12H23N3O/c1-14-6-2-11(10-14)12(16)3-7-15-8-4-13-5-9-15/h11,13H,2-10H2,1H3. The van der Waals surface area contributed by atoms with Crippen LogP contribution in [0.5, 0.6) is 0 Å². The van der Waals surface area contributed by atoms with Crippen molar-refractivity contribution < 1.29 is 4.79 Å². The highest BCUT2D eigenvalue weighted by Crippen LogP contribution is 2.16. The summed E-state index contributed by atoms with van der Waals surface area (Å²) in [6.07, 6.45) is 1.81. The lowest BCUT2D eigenvalue weighted by Crippen LogP contribution is -2.44. The number of nitrogens with one attached hydrogen (secondary N) is 1. The van der Waals surface area contributed by atoms with Gasteiger partial charge < -0.3 is 15.1 Å². The minimum atomic E-state index is 0.313. The van der Waals surface area contributed by atoms with Crippen LogP contribution < -0.4 is 5.32 Å². The first kappa shape index (κ1) is 12.0. The Morgan fingerprint density at radius 3 is 2.69 bits per heavy atom. The Morgan fingerprint density at radius 1 is 1.31 bits per heavy atom. The molecular formula is C12H23N3O. The summed E-state index contributed by atoms with van der Waals surface area (Å²) in [5.74, 6) is 0.788. The molecule has 0 saturated carbocycles. The molecule has 0 bridgehead atoms. The van der Waals surface area contributed by atoms with Crippen LogP contribution >= 0.6 is 0 Å². The van der Waals surface area contributed by atoms with E-state index in [1.54, 1.807) is 0 Å². The molecule has 4 heteroatoms. The van der Waals surface area contributed by atoms with Crippen molar-refractivity contribution in [2.45, 2.75) is 12.8 Å². The predicted molar refractivity (Wildman–Crippen MR) is 64.5 cm³/mol. The van der Waals surface area contributed by atoms with Gasteiger partial charge in [-0.05, 0) is 20.0 Å². The van der Waals surface area contributed by atoms with Crippen LogP contribution in [0.25, 0.3) is 0 Å². The summed E-state index contributed by atoms with van der Waals surface area (Å²) in [6.45, 7) is 7.35. The molecule has 0 aliphatic carbocycles. The Bertz CT molecular complexity index is 238. The van der Waals surface area contributed by atoms with Crippen LogP contribution in [0, 0.1) is 5.92 Å². The SMILES string of the molecule is CN1CCC(C(=O)CCN2CCNCC2)C1. The minimum absolute atomic E-state index is 0.313. The fraction of sp³-hybridized carbons (Fsp3) is 0.917. The van der Waals surface area contributed by atoms with Gasteiger partial charge in [0.15, 0.2) is 0 Å². The third kappa shape index (κ3) is 3.27. The minimum Gasteiger partial charge on any atom is -0.314 e. The Hall–Kier alpha value is -0.450. The van der Waals surface area contributed by atoms with Gasteiger partial charge in [-0.15, -0.1) is 0 Å². The van der Waals surface area contributed by atoms with Gasteiger partial charge in [0.25, 0.3) is 0 Å². The summed E-state index contributed by atoms with van der Waals surface area (Å²) >= 11 is 0. The van der Waals surface area contributed by atoms with Crippen LogP contribution in [0.4, 0.5) is 0 Å². The van der Waals surface area contributed by atoms with E-state index in [9.17, 15) is 4.79 Å². The molecule has 2 saturated heterocycles. The van der Waals surface area contributed by atoms with Gasteiger partial charge in [0.1, 0.15) is 5.78 Å². The summed E-state index contributed by atoms with van der Waals surface area (Å²) in [4.78, 5) is 16.6. The number of Topliss-reactive ketones (excluding diaryl/α,β-unsaturated/α-hetero) is 1. The van der Waals surface area contributed by atoms with Crippen molar-refractivity contribution in [3.63, 3.8) is 0 Å². The van der Waals surface area contributed by atoms with E-state index in [1.807, 2.05) is 0 Å². The molecule has 0 radical (unpaired) electrons. The van der Waals surface area contributed by atoms with Gasteiger partial charge in [-0.25, -0.2) is 0 Å². The smallest absolute Gasteiger partial charge is 0.138 e. The van der Waals surface area contributed by atoms with Crippen molar-refractivity contribution in [3.8, 4) is 0 Å². The molecule has 1 atom stereocenters. The van der Waals surface area contributed by atoms with Gasteiger partial charge in [-0.1, -0.05) is 0 Å². The number of hydrogen-bond acceptors (Lipinski definition) is 4. The number of likely N-dealkylation sites (tertiary alicyclic amines) is 1. The lowest BCUT2D eigenvalue weighted by molar-refractivity contribution is -0.122. The van der Waals surface area contributed by atoms with E-state index in [0.29, 0.717) is 11.7 Å². The molecule has 0 aromatic heterocycles. The third-order valence-electron chi connectivity index (χ3n) is 3.73. The zero-order valence-electron chi connectivity index (χ0n) is 10.2. The van der Waals surface area contributed by atoms with Crippen LogP contribution in [0.15, 0.2) is 0 Å². The largest absolute Gasteiger partial charge is 0.314 e. The molecule has 1 N–H and O–H groups in total. The van der Waals surface area contributed by atoms with Crippen LogP contribution in [0.1, 0.15) is 12.8 Å². The maximum Gasteiger partial charge on any atom is 0.138 e. The number of hydrogen-bond donors (Lipinski definition) is 1. The molecular weight excluding hydrogens is 202 g/mol. The second-order valence-electron chi connectivity index (χ2n) is 5.06. The Morgan fingerprint density at radius 2 is 2.06 bits per heavy atom. The number of nitrogens with zero attached hydrogens (tertiary/aromatic N) is 2. The van der Waals surface area contributed by atoms with Crippen LogP contribution in [-0.4, -0.2) is 68.4 Å². The molecule has 2 aliphatic heterocycles. The van der Waals surface area contributed by atoms with Crippen molar-refractivity contribution in [1.82, 2.24) is 15.1 Å². The third-order valence-corrected chi connectivity index (χ3v) is 3.73. The number of ketones is 1. The molecule has 2 rings (SSSR count). The highest BCUT2D eigenvalue weighted by atomic mass is 16.1. The number of carbonyl (C=O) groups is 1. The zero-order chi connectivity index (χ0) is 11.4. The molecule has 2 heterocycles. The van der Waals surface area contributed by atoms with Gasteiger partial charge in [-0.2, -0.15) is 0 Å². The summed E-state index contributed by atoms with van der Waals surface area (Å²) < 4.78 is 0. The van der Waals surface area contributed by atoms with Crippen LogP contribution in [-0.2, 0) is 4.79 Å². The summed E-state index contributed by atoms with van der Waals surface area (Å²) in [7, 11) is 2.10. The zero-order valence-corrected chi connectivity index (χ0v) is 10.2. The molecule has 0 spiro atoms. The molecule has 92 valence electrons. The van der Waals surface area contributed by atoms with E-state index >= 15 is 0 Å². The van der Waals surface area contributed by atoms with Gasteiger partial charge in [-0.3, -0.25) is 4.79 Å². The van der Waals surface area contributed by atoms with Crippen LogP contribution in [0.2, 0.25) is 0 Å². The van der Waals surface area contributed by atoms with Gasteiger partial charge in [0.05, 0.1) is 0 Å². The molecule has 1 unspecified atom stereocenters. The van der Waals surface area contributed by atoms with E-state index in [1.165, 1.54) is 0 Å². The van der Waals surface area contributed by atoms with Gasteiger partial charge in [0, 0.05) is 51.6 Å². The highest BCUT2D eigenvalue weighted by molar-refractivity contribution is 5.81. The molecule has 16 heavy (non-hydrogen) atoms. The Kier molecular flexibility index (Phi) is 4.32. The molecule has 0 aromatic rings. The maximum absolute atomic E-state index is 12.0. The van der Waals surface area contributed by atoms with Crippen molar-refractivity contribution in [3.05, 3.63) is 0 Å². The van der Waals surface area contributed by atoms with E-state index in [0.717, 1.165) is 58.7 Å². The number of piperazine rings is 1. The quantitative estimate of drug-likeness (QED) is 0.719. The summed E-state index contributed by atoms with van der Waals surface area (Å²) in [5.41, 5.74) is 0. The first-order valence-electron chi connectivity index (χ1n) is 6.40. The van der Waals surface area contributed by atoms with E-state index in [-0.39, 0.29) is 0 Å². The summed E-state index contributed by atoms with van der Waals surface area (Å²) in [5, 5.41) is 3.33. The van der Waals surface area contributed by atoms with E-state index in [4.69, 9.17) is 0 Å². The fourth-order valence-corrected chi connectivity index (χ4v) is 2.61. The summed E-state index contributed by atoms with van der Waals surface area (Å²) in [6, 6.07) is 0. The number of carbonyl (C=O) groups excluding carboxylic acids is 1. The van der Waals surface area contributed by atoms with Crippen molar-refractivity contribution in [2.75, 3.05) is 52.9 Å².